The predicted molar refractivity (Wildman–Crippen MR) is 57.8 cm³/mol. The fraction of sp³-hybridized carbons (Fsp3) is 0.400. The summed E-state index contributed by atoms with van der Waals surface area (Å²) < 4.78 is 0. The number of thiophene rings is 1. The second-order valence-corrected chi connectivity index (χ2v) is 4.20. The summed E-state index contributed by atoms with van der Waals surface area (Å²) in [6.07, 6.45) is -0.0744. The van der Waals surface area contributed by atoms with E-state index in [0.29, 0.717) is 6.54 Å². The Balaban J connectivity index is 2.28. The Hall–Kier alpha value is -1.36. The highest BCUT2D eigenvalue weighted by Gasteiger charge is 2.06. The number of carboxylic acid groups (broad SMARTS) is 1. The molecule has 0 atom stereocenters. The summed E-state index contributed by atoms with van der Waals surface area (Å²) >= 11 is 1.58. The van der Waals surface area contributed by atoms with Crippen LogP contribution in [0.15, 0.2) is 11.4 Å². The number of nitrogens with one attached hydrogen (secondary N) is 1. The molecular formula is C10H13NO3S. The molecule has 0 unspecified atom stereocenters. The Bertz CT molecular complexity index is 359. The highest BCUT2D eigenvalue weighted by Crippen LogP contribution is 2.14. The molecule has 0 bridgehead atoms. The first-order valence-electron chi connectivity index (χ1n) is 4.61. The van der Waals surface area contributed by atoms with Gasteiger partial charge in [0.15, 0.2) is 0 Å². The Morgan fingerprint density at radius 1 is 1.47 bits per heavy atom. The lowest BCUT2D eigenvalue weighted by Crippen LogP contribution is -2.23. The summed E-state index contributed by atoms with van der Waals surface area (Å²) in [5, 5.41) is 13.0. The number of hydrogen-bond acceptors (Lipinski definition) is 3. The van der Waals surface area contributed by atoms with E-state index >= 15 is 0 Å². The van der Waals surface area contributed by atoms with Crippen LogP contribution < -0.4 is 5.32 Å². The lowest BCUT2D eigenvalue weighted by atomic mass is 10.2. The number of rotatable bonds is 5. The normalized spacial score (nSPS) is 9.93. The molecule has 2 N–H and O–H groups in total. The largest absolute Gasteiger partial charge is 0.481 e. The van der Waals surface area contributed by atoms with Gasteiger partial charge in [-0.3, -0.25) is 9.59 Å². The molecule has 1 heterocycles. The lowest BCUT2D eigenvalue weighted by Gasteiger charge is -2.03. The molecule has 4 nitrogen and oxygen atoms in total. The molecule has 1 aromatic rings. The van der Waals surface area contributed by atoms with Gasteiger partial charge in [0.05, 0.1) is 13.0 Å². The number of aliphatic carboxylic acids is 1. The van der Waals surface area contributed by atoms with Gasteiger partial charge in [0.1, 0.15) is 0 Å². The van der Waals surface area contributed by atoms with Gasteiger partial charge in [0, 0.05) is 11.3 Å². The van der Waals surface area contributed by atoms with Crippen molar-refractivity contribution in [2.45, 2.75) is 26.3 Å². The molecule has 0 saturated heterocycles. The van der Waals surface area contributed by atoms with Crippen molar-refractivity contribution in [2.24, 2.45) is 0 Å². The maximum absolute atomic E-state index is 11.2. The maximum atomic E-state index is 11.2. The smallest absolute Gasteiger partial charge is 0.303 e. The van der Waals surface area contributed by atoms with Gasteiger partial charge in [-0.25, -0.2) is 0 Å². The summed E-state index contributed by atoms with van der Waals surface area (Å²) in [5.41, 5.74) is 1.15. The number of amides is 1. The first kappa shape index (κ1) is 11.7. The van der Waals surface area contributed by atoms with Gasteiger partial charge in [0.25, 0.3) is 0 Å². The summed E-state index contributed by atoms with van der Waals surface area (Å²) in [7, 11) is 0. The second-order valence-electron chi connectivity index (χ2n) is 3.20. The maximum Gasteiger partial charge on any atom is 0.303 e. The Morgan fingerprint density at radius 2 is 2.20 bits per heavy atom. The molecule has 5 heteroatoms. The highest BCUT2D eigenvalue weighted by atomic mass is 32.1. The molecule has 15 heavy (non-hydrogen) atoms. The fourth-order valence-electron chi connectivity index (χ4n) is 1.07. The third-order valence-electron chi connectivity index (χ3n) is 1.98. The zero-order valence-electron chi connectivity index (χ0n) is 8.45. The van der Waals surface area contributed by atoms with Crippen LogP contribution in [0.2, 0.25) is 0 Å². The van der Waals surface area contributed by atoms with Crippen LogP contribution in [0.5, 0.6) is 0 Å². The molecule has 0 spiro atoms. The lowest BCUT2D eigenvalue weighted by molar-refractivity contribution is -0.138. The first-order valence-corrected chi connectivity index (χ1v) is 5.49. The van der Waals surface area contributed by atoms with Crippen LogP contribution in [0.25, 0.3) is 0 Å². The fourth-order valence-corrected chi connectivity index (χ4v) is 1.92. The highest BCUT2D eigenvalue weighted by molar-refractivity contribution is 7.10. The Morgan fingerprint density at radius 3 is 2.73 bits per heavy atom. The first-order chi connectivity index (χ1) is 7.09. The molecule has 1 amide bonds. The minimum absolute atomic E-state index is 0.0414. The van der Waals surface area contributed by atoms with Crippen LogP contribution in [-0.2, 0) is 16.1 Å². The van der Waals surface area contributed by atoms with Crippen molar-refractivity contribution in [3.8, 4) is 0 Å². The second kappa shape index (κ2) is 5.50. The van der Waals surface area contributed by atoms with Crippen LogP contribution in [0.3, 0.4) is 0 Å². The Labute approximate surface area is 91.9 Å². The van der Waals surface area contributed by atoms with Crippen molar-refractivity contribution in [2.75, 3.05) is 0 Å². The van der Waals surface area contributed by atoms with Crippen molar-refractivity contribution < 1.29 is 14.7 Å². The van der Waals surface area contributed by atoms with Gasteiger partial charge >= 0.3 is 5.97 Å². The minimum Gasteiger partial charge on any atom is -0.481 e. The number of carbonyl (C=O) groups excluding carboxylic acids is 1. The summed E-state index contributed by atoms with van der Waals surface area (Å²) in [6, 6.07) is 1.99. The van der Waals surface area contributed by atoms with Gasteiger partial charge in [-0.2, -0.15) is 0 Å². The molecule has 0 aliphatic carbocycles. The number of aryl methyl sites for hydroxylation is 1. The molecular weight excluding hydrogens is 214 g/mol. The number of carboxylic acids is 1. The summed E-state index contributed by atoms with van der Waals surface area (Å²) in [5.74, 6) is -1.16. The summed E-state index contributed by atoms with van der Waals surface area (Å²) in [4.78, 5) is 22.5. The molecule has 0 fully saturated rings. The van der Waals surface area contributed by atoms with Crippen LogP contribution in [-0.4, -0.2) is 17.0 Å². The van der Waals surface area contributed by atoms with Crippen molar-refractivity contribution in [3.63, 3.8) is 0 Å². The van der Waals surface area contributed by atoms with E-state index < -0.39 is 5.97 Å². The van der Waals surface area contributed by atoms with E-state index in [1.807, 2.05) is 18.4 Å². The standard InChI is InChI=1S/C10H13NO3S/c1-7-4-5-15-8(7)6-11-9(12)2-3-10(13)14/h4-5H,2-3,6H2,1H3,(H,11,12)(H,13,14). The molecule has 82 valence electrons. The number of carbonyl (C=O) groups is 2. The molecule has 0 aliphatic rings. The van der Waals surface area contributed by atoms with Gasteiger partial charge in [-0.1, -0.05) is 0 Å². The van der Waals surface area contributed by atoms with Crippen molar-refractivity contribution >= 4 is 23.2 Å². The van der Waals surface area contributed by atoms with Gasteiger partial charge in [-0.05, 0) is 23.9 Å². The van der Waals surface area contributed by atoms with Crippen LogP contribution in [0.4, 0.5) is 0 Å². The Kier molecular flexibility index (Phi) is 4.30. The molecule has 0 saturated carbocycles. The quantitative estimate of drug-likeness (QED) is 0.801. The van der Waals surface area contributed by atoms with Crippen LogP contribution in [0, 0.1) is 6.92 Å². The zero-order valence-corrected chi connectivity index (χ0v) is 9.26. The molecule has 0 radical (unpaired) electrons. The predicted octanol–water partition coefficient (Wildman–Crippen LogP) is 1.54. The average molecular weight is 227 g/mol. The topological polar surface area (TPSA) is 66.4 Å². The molecule has 0 aliphatic heterocycles. The third kappa shape index (κ3) is 4.12. The number of hydrogen-bond donors (Lipinski definition) is 2. The van der Waals surface area contributed by atoms with E-state index in [1.54, 1.807) is 11.3 Å². The van der Waals surface area contributed by atoms with E-state index in [4.69, 9.17) is 5.11 Å². The van der Waals surface area contributed by atoms with E-state index in [-0.39, 0.29) is 18.7 Å². The monoisotopic (exact) mass is 227 g/mol. The van der Waals surface area contributed by atoms with Gasteiger partial charge < -0.3 is 10.4 Å². The molecule has 0 aromatic carbocycles. The SMILES string of the molecule is Cc1ccsc1CNC(=O)CCC(=O)O. The molecule has 1 rings (SSSR count). The van der Waals surface area contributed by atoms with Crippen molar-refractivity contribution in [1.82, 2.24) is 5.32 Å². The van der Waals surface area contributed by atoms with Crippen LogP contribution >= 0.6 is 11.3 Å². The average Bonchev–Trinajstić information content (AvgIpc) is 2.58. The zero-order chi connectivity index (χ0) is 11.3. The van der Waals surface area contributed by atoms with Crippen molar-refractivity contribution in [1.29, 1.82) is 0 Å². The molecule has 1 aromatic heterocycles. The van der Waals surface area contributed by atoms with E-state index in [2.05, 4.69) is 5.32 Å². The van der Waals surface area contributed by atoms with Gasteiger partial charge in [-0.15, -0.1) is 11.3 Å². The summed E-state index contributed by atoms with van der Waals surface area (Å²) in [6.45, 7) is 2.47. The van der Waals surface area contributed by atoms with E-state index in [1.165, 1.54) is 0 Å². The van der Waals surface area contributed by atoms with E-state index in [0.717, 1.165) is 10.4 Å². The van der Waals surface area contributed by atoms with Gasteiger partial charge in [0.2, 0.25) is 5.91 Å². The van der Waals surface area contributed by atoms with Crippen molar-refractivity contribution in [3.05, 3.63) is 21.9 Å². The third-order valence-corrected chi connectivity index (χ3v) is 3.00. The van der Waals surface area contributed by atoms with E-state index in [9.17, 15) is 9.59 Å². The van der Waals surface area contributed by atoms with Crippen LogP contribution in [0.1, 0.15) is 23.3 Å². The minimum atomic E-state index is -0.947.